The Morgan fingerprint density at radius 2 is 1.57 bits per heavy atom. The van der Waals surface area contributed by atoms with E-state index in [0.29, 0.717) is 18.1 Å². The lowest BCUT2D eigenvalue weighted by atomic mass is 10.1. The summed E-state index contributed by atoms with van der Waals surface area (Å²) in [4.78, 5) is 14.0. The molecule has 0 bridgehead atoms. The van der Waals surface area contributed by atoms with E-state index >= 15 is 0 Å². The van der Waals surface area contributed by atoms with E-state index in [4.69, 9.17) is 14.2 Å². The van der Waals surface area contributed by atoms with Crippen molar-refractivity contribution >= 4 is 11.3 Å². The molecule has 0 spiro atoms. The van der Waals surface area contributed by atoms with Crippen LogP contribution in [0.4, 0.5) is 0 Å². The number of benzene rings is 3. The van der Waals surface area contributed by atoms with E-state index in [-0.39, 0.29) is 10.8 Å². The number of unbranched alkanes of at least 4 members (excludes halogenated alkanes) is 1. The zero-order chi connectivity index (χ0) is 24.5. The molecule has 0 atom stereocenters. The highest BCUT2D eigenvalue weighted by Gasteiger charge is 2.10. The van der Waals surface area contributed by atoms with Crippen LogP contribution in [-0.2, 0) is 6.42 Å². The summed E-state index contributed by atoms with van der Waals surface area (Å²) in [5.74, 6) is 3.18. The largest absolute Gasteiger partial charge is 0.494 e. The predicted octanol–water partition coefficient (Wildman–Crippen LogP) is 6.79. The van der Waals surface area contributed by atoms with E-state index < -0.39 is 0 Å². The van der Waals surface area contributed by atoms with Crippen molar-refractivity contribution in [2.45, 2.75) is 32.6 Å². The maximum atomic E-state index is 11.4. The first-order valence-electron chi connectivity index (χ1n) is 11.8. The maximum Gasteiger partial charge on any atom is 0.307 e. The molecule has 6 nitrogen and oxygen atoms in total. The minimum atomic E-state index is -0.279. The van der Waals surface area contributed by atoms with Crippen molar-refractivity contribution in [3.63, 3.8) is 0 Å². The molecule has 0 saturated carbocycles. The molecule has 0 aliphatic carbocycles. The number of aromatic hydroxyl groups is 1. The second-order valence-electron chi connectivity index (χ2n) is 8.06. The average molecular weight is 492 g/mol. The highest BCUT2D eigenvalue weighted by molar-refractivity contribution is 7.13. The van der Waals surface area contributed by atoms with E-state index in [9.17, 15) is 9.90 Å². The number of hydrogen-bond donors (Lipinski definition) is 2. The van der Waals surface area contributed by atoms with Gasteiger partial charge in [-0.15, -0.1) is 0 Å². The number of H-pyrrole nitrogens is 1. The number of hydrogen-bond acceptors (Lipinski definition) is 6. The number of ether oxygens (including phenoxy) is 3. The Morgan fingerprint density at radius 3 is 2.26 bits per heavy atom. The third kappa shape index (κ3) is 6.90. The van der Waals surface area contributed by atoms with Crippen LogP contribution in [0.25, 0.3) is 10.4 Å². The number of rotatable bonds is 12. The van der Waals surface area contributed by atoms with Crippen LogP contribution in [0.1, 0.15) is 31.7 Å². The molecule has 0 saturated heterocycles. The highest BCUT2D eigenvalue weighted by Crippen LogP contribution is 2.31. The number of aromatic nitrogens is 1. The predicted molar refractivity (Wildman–Crippen MR) is 139 cm³/mol. The van der Waals surface area contributed by atoms with E-state index in [2.05, 4.69) is 18.0 Å². The SMILES string of the molecule is CCCc1cc(Oc2ccccc2)ccc1OCCCCOc1ccc(-c2sc(=O)[nH]c2O)cc1. The number of nitrogens with one attached hydrogen (secondary N) is 1. The molecule has 4 aromatic rings. The molecular weight excluding hydrogens is 462 g/mol. The van der Waals surface area contributed by atoms with Crippen LogP contribution in [0, 0.1) is 0 Å². The van der Waals surface area contributed by atoms with E-state index in [1.165, 1.54) is 0 Å². The van der Waals surface area contributed by atoms with Gasteiger partial charge >= 0.3 is 4.87 Å². The molecule has 0 aliphatic rings. The summed E-state index contributed by atoms with van der Waals surface area (Å²) in [6.45, 7) is 3.35. The van der Waals surface area contributed by atoms with Crippen molar-refractivity contribution in [2.24, 2.45) is 0 Å². The molecule has 35 heavy (non-hydrogen) atoms. The van der Waals surface area contributed by atoms with Gasteiger partial charge in [-0.1, -0.05) is 42.9 Å². The van der Waals surface area contributed by atoms with Gasteiger partial charge in [0.1, 0.15) is 23.0 Å². The fourth-order valence-corrected chi connectivity index (χ4v) is 4.38. The first-order chi connectivity index (χ1) is 17.1. The summed E-state index contributed by atoms with van der Waals surface area (Å²) in [6.07, 6.45) is 3.69. The molecule has 2 N–H and O–H groups in total. The second-order valence-corrected chi connectivity index (χ2v) is 9.04. The van der Waals surface area contributed by atoms with Crippen molar-refractivity contribution in [3.05, 3.63) is 88.0 Å². The number of aromatic amines is 1. The lowest BCUT2D eigenvalue weighted by Crippen LogP contribution is -2.04. The Kier molecular flexibility index (Phi) is 8.46. The molecule has 182 valence electrons. The highest BCUT2D eigenvalue weighted by atomic mass is 32.1. The van der Waals surface area contributed by atoms with Crippen molar-refractivity contribution < 1.29 is 19.3 Å². The summed E-state index contributed by atoms with van der Waals surface area (Å²) < 4.78 is 17.8. The average Bonchev–Trinajstić information content (AvgIpc) is 3.21. The molecule has 0 unspecified atom stereocenters. The quantitative estimate of drug-likeness (QED) is 0.213. The zero-order valence-corrected chi connectivity index (χ0v) is 20.5. The minimum absolute atomic E-state index is 0.103. The molecule has 4 rings (SSSR count). The smallest absolute Gasteiger partial charge is 0.307 e. The van der Waals surface area contributed by atoms with Gasteiger partial charge in [-0.3, -0.25) is 9.78 Å². The zero-order valence-electron chi connectivity index (χ0n) is 19.7. The summed E-state index contributed by atoms with van der Waals surface area (Å²) in [5, 5.41) is 9.79. The Labute approximate surface area is 208 Å². The lowest BCUT2D eigenvalue weighted by Gasteiger charge is -2.14. The third-order valence-electron chi connectivity index (χ3n) is 5.34. The van der Waals surface area contributed by atoms with Crippen LogP contribution in [0.15, 0.2) is 77.6 Å². The Balaban J connectivity index is 1.22. The normalized spacial score (nSPS) is 10.8. The fraction of sp³-hybridized carbons (Fsp3) is 0.250. The molecule has 0 fully saturated rings. The van der Waals surface area contributed by atoms with Crippen LogP contribution in [-0.4, -0.2) is 23.3 Å². The molecule has 1 heterocycles. The second kappa shape index (κ2) is 12.1. The van der Waals surface area contributed by atoms with Gasteiger partial charge in [-0.05, 0) is 85.0 Å². The lowest BCUT2D eigenvalue weighted by molar-refractivity contribution is 0.265. The summed E-state index contributed by atoms with van der Waals surface area (Å²) >= 11 is 0.980. The number of para-hydroxylation sites is 1. The maximum absolute atomic E-state index is 11.4. The molecule has 1 aromatic heterocycles. The van der Waals surface area contributed by atoms with Gasteiger partial charge < -0.3 is 19.3 Å². The first-order valence-corrected chi connectivity index (χ1v) is 12.6. The Hall–Kier alpha value is -3.71. The van der Waals surface area contributed by atoms with Gasteiger partial charge in [0, 0.05) is 0 Å². The van der Waals surface area contributed by atoms with Gasteiger partial charge in [0.05, 0.1) is 18.1 Å². The van der Waals surface area contributed by atoms with Crippen LogP contribution < -0.4 is 19.1 Å². The van der Waals surface area contributed by atoms with Gasteiger partial charge in [-0.2, -0.15) is 0 Å². The van der Waals surface area contributed by atoms with Crippen molar-refractivity contribution in [3.8, 4) is 39.3 Å². The van der Waals surface area contributed by atoms with Gasteiger partial charge in [0.15, 0.2) is 0 Å². The van der Waals surface area contributed by atoms with Crippen molar-refractivity contribution in [1.82, 2.24) is 4.98 Å². The van der Waals surface area contributed by atoms with Crippen molar-refractivity contribution in [1.29, 1.82) is 0 Å². The van der Waals surface area contributed by atoms with Crippen LogP contribution in [0.5, 0.6) is 28.9 Å². The minimum Gasteiger partial charge on any atom is -0.494 e. The number of aryl methyl sites for hydroxylation is 1. The Bertz CT molecular complexity index is 1260. The molecule has 0 radical (unpaired) electrons. The Morgan fingerprint density at radius 1 is 0.857 bits per heavy atom. The molecule has 3 aromatic carbocycles. The summed E-state index contributed by atoms with van der Waals surface area (Å²) in [7, 11) is 0. The summed E-state index contributed by atoms with van der Waals surface area (Å²) in [5.41, 5.74) is 1.92. The standard InChI is InChI=1S/C28H29NO5S/c1-2-8-21-19-24(34-23-9-4-3-5-10-23)15-16-25(21)33-18-7-6-17-32-22-13-11-20(12-14-22)26-27(30)29-28(31)35-26/h3-5,9-16,19,30H,2,6-8,17-18H2,1H3,(H,29,31). The molecule has 7 heteroatoms. The van der Waals surface area contributed by atoms with Crippen LogP contribution in [0.3, 0.4) is 0 Å². The first kappa shape index (κ1) is 24.4. The van der Waals surface area contributed by atoms with Gasteiger partial charge in [-0.25, -0.2) is 0 Å². The van der Waals surface area contributed by atoms with E-state index in [0.717, 1.165) is 71.1 Å². The van der Waals surface area contributed by atoms with Crippen molar-refractivity contribution in [2.75, 3.05) is 13.2 Å². The molecule has 0 amide bonds. The molecular formula is C28H29NO5S. The third-order valence-corrected chi connectivity index (χ3v) is 6.26. The topological polar surface area (TPSA) is 80.8 Å². The summed E-state index contributed by atoms with van der Waals surface area (Å²) in [6, 6.07) is 23.1. The monoisotopic (exact) mass is 491 g/mol. The number of thiazole rings is 1. The van der Waals surface area contributed by atoms with E-state index in [1.807, 2.05) is 66.7 Å². The van der Waals surface area contributed by atoms with Crippen LogP contribution in [0.2, 0.25) is 0 Å². The van der Waals surface area contributed by atoms with Crippen LogP contribution >= 0.6 is 11.3 Å². The van der Waals surface area contributed by atoms with Gasteiger partial charge in [0.25, 0.3) is 0 Å². The molecule has 0 aliphatic heterocycles. The van der Waals surface area contributed by atoms with E-state index in [1.54, 1.807) is 0 Å². The fourth-order valence-electron chi connectivity index (χ4n) is 3.64. The van der Waals surface area contributed by atoms with Gasteiger partial charge in [0.2, 0.25) is 5.88 Å².